The Hall–Kier alpha value is -1.94. The number of hydrogen-bond acceptors (Lipinski definition) is 3. The van der Waals surface area contributed by atoms with Crippen molar-refractivity contribution in [3.05, 3.63) is 60.2 Å². The van der Waals surface area contributed by atoms with Crippen molar-refractivity contribution < 1.29 is 9.13 Å². The molecule has 1 aromatic carbocycles. The number of halogens is 1. The van der Waals surface area contributed by atoms with E-state index in [9.17, 15) is 4.39 Å². The molecule has 2 atom stereocenters. The number of hydrogen-bond donors (Lipinski definition) is 1. The van der Waals surface area contributed by atoms with Crippen molar-refractivity contribution in [3.8, 4) is 5.75 Å². The molecular formula is C16H17FN2O. The van der Waals surface area contributed by atoms with Crippen LogP contribution in [0, 0.1) is 11.9 Å². The lowest BCUT2D eigenvalue weighted by atomic mass is 9.95. The predicted octanol–water partition coefficient (Wildman–Crippen LogP) is 2.95. The molecule has 20 heavy (non-hydrogen) atoms. The van der Waals surface area contributed by atoms with E-state index in [1.165, 1.54) is 12.3 Å². The summed E-state index contributed by atoms with van der Waals surface area (Å²) in [5.74, 6) is 0.408. The van der Waals surface area contributed by atoms with Gasteiger partial charge in [-0.1, -0.05) is 30.3 Å². The molecule has 3 rings (SSSR count). The largest absolute Gasteiger partial charge is 0.485 e. The standard InChI is InChI=1S/C16H17FN2O/c17-15-10-14(7-9-19-15)20-16(13-6-8-18-11-13)12-4-2-1-3-5-12/h1-5,7,9-10,13,16,18H,6,8,11H2/t13-,16?/m1/s1. The Morgan fingerprint density at radius 3 is 2.80 bits per heavy atom. The first-order valence-corrected chi connectivity index (χ1v) is 6.87. The van der Waals surface area contributed by atoms with Gasteiger partial charge in [0, 0.05) is 24.7 Å². The fraction of sp³-hybridized carbons (Fsp3) is 0.312. The van der Waals surface area contributed by atoms with Crippen LogP contribution in [0.2, 0.25) is 0 Å². The van der Waals surface area contributed by atoms with Crippen molar-refractivity contribution in [1.29, 1.82) is 0 Å². The van der Waals surface area contributed by atoms with Crippen LogP contribution in [0.15, 0.2) is 48.7 Å². The van der Waals surface area contributed by atoms with Crippen LogP contribution >= 0.6 is 0 Å². The summed E-state index contributed by atoms with van der Waals surface area (Å²) in [5, 5.41) is 3.35. The second-order valence-electron chi connectivity index (χ2n) is 5.02. The van der Waals surface area contributed by atoms with Crippen LogP contribution in [-0.2, 0) is 0 Å². The first-order valence-electron chi connectivity index (χ1n) is 6.87. The van der Waals surface area contributed by atoms with E-state index in [0.29, 0.717) is 11.7 Å². The van der Waals surface area contributed by atoms with Crippen molar-refractivity contribution in [2.24, 2.45) is 5.92 Å². The van der Waals surface area contributed by atoms with Gasteiger partial charge in [0.25, 0.3) is 0 Å². The number of rotatable bonds is 4. The van der Waals surface area contributed by atoms with Gasteiger partial charge < -0.3 is 10.1 Å². The van der Waals surface area contributed by atoms with Crippen LogP contribution in [-0.4, -0.2) is 18.1 Å². The molecule has 1 aromatic heterocycles. The van der Waals surface area contributed by atoms with Gasteiger partial charge in [0.2, 0.25) is 5.95 Å². The first-order chi connectivity index (χ1) is 9.83. The Morgan fingerprint density at radius 2 is 2.10 bits per heavy atom. The topological polar surface area (TPSA) is 34.1 Å². The minimum Gasteiger partial charge on any atom is -0.485 e. The van der Waals surface area contributed by atoms with E-state index in [1.54, 1.807) is 6.07 Å². The Bertz CT molecular complexity index is 555. The molecule has 104 valence electrons. The Morgan fingerprint density at radius 1 is 1.25 bits per heavy atom. The second-order valence-corrected chi connectivity index (χ2v) is 5.02. The SMILES string of the molecule is Fc1cc(OC(c2ccccc2)[C@@H]2CCNC2)ccn1. The van der Waals surface area contributed by atoms with E-state index in [1.807, 2.05) is 18.2 Å². The molecule has 1 unspecified atom stereocenters. The van der Waals surface area contributed by atoms with Crippen LogP contribution in [0.5, 0.6) is 5.75 Å². The van der Waals surface area contributed by atoms with Gasteiger partial charge in [-0.25, -0.2) is 4.98 Å². The number of ether oxygens (including phenoxy) is 1. The molecule has 2 heterocycles. The Labute approximate surface area is 117 Å². The molecule has 2 aromatic rings. The van der Waals surface area contributed by atoms with E-state index in [4.69, 9.17) is 4.74 Å². The van der Waals surface area contributed by atoms with E-state index in [2.05, 4.69) is 22.4 Å². The molecule has 1 fully saturated rings. The summed E-state index contributed by atoms with van der Waals surface area (Å²) in [6, 6.07) is 13.1. The summed E-state index contributed by atoms with van der Waals surface area (Å²) in [6.07, 6.45) is 2.43. The van der Waals surface area contributed by atoms with Crippen molar-refractivity contribution in [1.82, 2.24) is 10.3 Å². The lowest BCUT2D eigenvalue weighted by Crippen LogP contribution is -2.21. The summed E-state index contributed by atoms with van der Waals surface area (Å²) >= 11 is 0. The molecule has 0 saturated carbocycles. The molecule has 0 amide bonds. The van der Waals surface area contributed by atoms with Gasteiger partial charge >= 0.3 is 0 Å². The zero-order valence-electron chi connectivity index (χ0n) is 11.1. The monoisotopic (exact) mass is 272 g/mol. The summed E-state index contributed by atoms with van der Waals surface area (Å²) in [5.41, 5.74) is 1.12. The van der Waals surface area contributed by atoms with Crippen molar-refractivity contribution >= 4 is 0 Å². The molecule has 1 aliphatic rings. The number of aromatic nitrogens is 1. The lowest BCUT2D eigenvalue weighted by Gasteiger charge is -2.24. The fourth-order valence-corrected chi connectivity index (χ4v) is 2.62. The van der Waals surface area contributed by atoms with E-state index in [0.717, 1.165) is 25.1 Å². The van der Waals surface area contributed by atoms with E-state index in [-0.39, 0.29) is 6.10 Å². The number of benzene rings is 1. The molecule has 0 radical (unpaired) electrons. The van der Waals surface area contributed by atoms with Crippen molar-refractivity contribution in [2.75, 3.05) is 13.1 Å². The maximum atomic E-state index is 13.2. The van der Waals surface area contributed by atoms with Gasteiger partial charge in [-0.05, 0) is 24.6 Å². The fourth-order valence-electron chi connectivity index (χ4n) is 2.62. The summed E-state index contributed by atoms with van der Waals surface area (Å²) < 4.78 is 19.2. The highest BCUT2D eigenvalue weighted by atomic mass is 19.1. The van der Waals surface area contributed by atoms with Crippen LogP contribution < -0.4 is 10.1 Å². The Kier molecular flexibility index (Phi) is 3.92. The third kappa shape index (κ3) is 2.96. The molecule has 0 aliphatic carbocycles. The van der Waals surface area contributed by atoms with Gasteiger partial charge in [-0.2, -0.15) is 4.39 Å². The predicted molar refractivity (Wildman–Crippen MR) is 75.0 cm³/mol. The maximum absolute atomic E-state index is 13.2. The summed E-state index contributed by atoms with van der Waals surface area (Å²) in [7, 11) is 0. The summed E-state index contributed by atoms with van der Waals surface area (Å²) in [4.78, 5) is 3.56. The molecule has 0 bridgehead atoms. The van der Waals surface area contributed by atoms with Crippen LogP contribution in [0.1, 0.15) is 18.1 Å². The minimum absolute atomic E-state index is 0.0620. The van der Waals surface area contributed by atoms with Gasteiger partial charge in [-0.15, -0.1) is 0 Å². The normalized spacial score (nSPS) is 19.8. The molecule has 0 spiro atoms. The average molecular weight is 272 g/mol. The third-order valence-electron chi connectivity index (χ3n) is 3.62. The maximum Gasteiger partial charge on any atom is 0.216 e. The lowest BCUT2D eigenvalue weighted by molar-refractivity contribution is 0.143. The zero-order chi connectivity index (χ0) is 13.8. The smallest absolute Gasteiger partial charge is 0.216 e. The van der Waals surface area contributed by atoms with Gasteiger partial charge in [-0.3, -0.25) is 0 Å². The van der Waals surface area contributed by atoms with Gasteiger partial charge in [0.15, 0.2) is 0 Å². The molecule has 4 heteroatoms. The number of nitrogens with zero attached hydrogens (tertiary/aromatic N) is 1. The highest BCUT2D eigenvalue weighted by Gasteiger charge is 2.28. The first kappa shape index (κ1) is 13.1. The number of nitrogens with one attached hydrogen (secondary N) is 1. The van der Waals surface area contributed by atoms with Gasteiger partial charge in [0.05, 0.1) is 0 Å². The summed E-state index contributed by atoms with van der Waals surface area (Å²) in [6.45, 7) is 1.93. The molecular weight excluding hydrogens is 255 g/mol. The van der Waals surface area contributed by atoms with Crippen molar-refractivity contribution in [3.63, 3.8) is 0 Å². The van der Waals surface area contributed by atoms with Crippen LogP contribution in [0.4, 0.5) is 4.39 Å². The van der Waals surface area contributed by atoms with Crippen molar-refractivity contribution in [2.45, 2.75) is 12.5 Å². The van der Waals surface area contributed by atoms with E-state index >= 15 is 0 Å². The quantitative estimate of drug-likeness (QED) is 0.869. The molecule has 1 saturated heterocycles. The average Bonchev–Trinajstić information content (AvgIpc) is 3.00. The minimum atomic E-state index is -0.515. The second kappa shape index (κ2) is 6.01. The third-order valence-corrected chi connectivity index (χ3v) is 3.62. The number of pyridine rings is 1. The highest BCUT2D eigenvalue weighted by Crippen LogP contribution is 2.31. The Balaban J connectivity index is 1.85. The molecule has 1 N–H and O–H groups in total. The van der Waals surface area contributed by atoms with Gasteiger partial charge in [0.1, 0.15) is 11.9 Å². The molecule has 1 aliphatic heterocycles. The zero-order valence-corrected chi connectivity index (χ0v) is 11.1. The van der Waals surface area contributed by atoms with Crippen LogP contribution in [0.25, 0.3) is 0 Å². The highest BCUT2D eigenvalue weighted by molar-refractivity contribution is 5.24. The van der Waals surface area contributed by atoms with E-state index < -0.39 is 5.95 Å². The van der Waals surface area contributed by atoms with Crippen LogP contribution in [0.3, 0.4) is 0 Å². The molecule has 3 nitrogen and oxygen atoms in total.